The predicted octanol–water partition coefficient (Wildman–Crippen LogP) is 2.32. The van der Waals surface area contributed by atoms with Gasteiger partial charge in [-0.2, -0.15) is 0 Å². The third-order valence-corrected chi connectivity index (χ3v) is 2.58. The minimum atomic E-state index is -0.460. The fourth-order valence-electron chi connectivity index (χ4n) is 1.74. The van der Waals surface area contributed by atoms with Gasteiger partial charge in [0.15, 0.2) is 11.5 Å². The van der Waals surface area contributed by atoms with E-state index in [1.165, 1.54) is 6.33 Å². The van der Waals surface area contributed by atoms with E-state index in [2.05, 4.69) is 30.6 Å². The van der Waals surface area contributed by atoms with E-state index < -0.39 is 11.7 Å². The van der Waals surface area contributed by atoms with E-state index in [-0.39, 0.29) is 5.82 Å². The largest absolute Gasteiger partial charge is 0.325 e. The van der Waals surface area contributed by atoms with Gasteiger partial charge in [0.1, 0.15) is 11.8 Å². The molecule has 3 rings (SSSR count). The van der Waals surface area contributed by atoms with E-state index in [1.54, 1.807) is 12.1 Å². The highest BCUT2D eigenvalue weighted by molar-refractivity contribution is 6.02. The number of urea groups is 1. The van der Waals surface area contributed by atoms with Crippen LogP contribution in [0.4, 0.5) is 16.3 Å². The second-order valence-corrected chi connectivity index (χ2v) is 3.97. The highest BCUT2D eigenvalue weighted by Gasteiger charge is 2.10. The van der Waals surface area contributed by atoms with Crippen molar-refractivity contribution in [3.05, 3.63) is 47.1 Å². The van der Waals surface area contributed by atoms with Crippen LogP contribution in [0.1, 0.15) is 13.8 Å². The molecular weight excluding hydrogens is 284 g/mol. The van der Waals surface area contributed by atoms with Gasteiger partial charge in [-0.15, -0.1) is 0 Å². The van der Waals surface area contributed by atoms with Crippen LogP contribution in [0.2, 0.25) is 0 Å². The first-order valence-corrected chi connectivity index (χ1v) is 6.78. The number of fused-ring (bicyclic) bond motifs is 1. The minimum Gasteiger partial charge on any atom is -0.308 e. The van der Waals surface area contributed by atoms with Crippen molar-refractivity contribution < 1.29 is 4.79 Å². The summed E-state index contributed by atoms with van der Waals surface area (Å²) in [5.41, 5.74) is 0.922. The average molecular weight is 300 g/mol. The smallest absolute Gasteiger partial charge is 0.308 e. The van der Waals surface area contributed by atoms with Crippen molar-refractivity contribution in [2.24, 2.45) is 0 Å². The molecule has 0 aliphatic carbocycles. The maximum absolute atomic E-state index is 11.8. The lowest BCUT2D eigenvalue weighted by Crippen LogP contribution is -2.20. The fraction of sp³-hybridized carbons (Fsp3) is 0.143. The summed E-state index contributed by atoms with van der Waals surface area (Å²) in [7, 11) is 0. The predicted molar refractivity (Wildman–Crippen MR) is 84.9 cm³/mol. The van der Waals surface area contributed by atoms with Crippen molar-refractivity contribution in [2.45, 2.75) is 13.8 Å². The van der Waals surface area contributed by atoms with Crippen LogP contribution in [-0.2, 0) is 0 Å². The first kappa shape index (κ1) is 15.2. The Morgan fingerprint density at radius 1 is 1.05 bits per heavy atom. The third kappa shape index (κ3) is 3.48. The molecule has 0 saturated heterocycles. The summed E-state index contributed by atoms with van der Waals surface area (Å²) in [4.78, 5) is 35.9. The van der Waals surface area contributed by atoms with Gasteiger partial charge >= 0.3 is 11.7 Å². The SMILES string of the molecule is CC.O=C(Nc1ccccc1)Nc1ncnc2[nH]c(=O)[nH]c12. The molecule has 0 bridgehead atoms. The number of carbonyl (C=O) groups excluding carboxylic acids is 1. The van der Waals surface area contributed by atoms with E-state index >= 15 is 0 Å². The summed E-state index contributed by atoms with van der Waals surface area (Å²) in [5, 5.41) is 5.20. The highest BCUT2D eigenvalue weighted by Crippen LogP contribution is 2.13. The molecule has 0 aliphatic heterocycles. The summed E-state index contributed by atoms with van der Waals surface area (Å²) in [6, 6.07) is 8.52. The Morgan fingerprint density at radius 2 is 1.77 bits per heavy atom. The van der Waals surface area contributed by atoms with Gasteiger partial charge in [0.25, 0.3) is 0 Å². The summed E-state index contributed by atoms with van der Waals surface area (Å²) in [6.45, 7) is 4.00. The van der Waals surface area contributed by atoms with Gasteiger partial charge in [-0.25, -0.2) is 19.6 Å². The molecule has 2 amide bonds. The number of amides is 2. The second-order valence-electron chi connectivity index (χ2n) is 3.97. The van der Waals surface area contributed by atoms with E-state index in [0.29, 0.717) is 16.9 Å². The van der Waals surface area contributed by atoms with Gasteiger partial charge in [-0.05, 0) is 12.1 Å². The van der Waals surface area contributed by atoms with Crippen LogP contribution >= 0.6 is 0 Å². The first-order chi connectivity index (χ1) is 10.7. The molecule has 2 heterocycles. The van der Waals surface area contributed by atoms with Gasteiger partial charge in [0, 0.05) is 5.69 Å². The maximum Gasteiger partial charge on any atom is 0.325 e. The van der Waals surface area contributed by atoms with Gasteiger partial charge in [0.05, 0.1) is 0 Å². The Hall–Kier alpha value is -3.16. The maximum atomic E-state index is 11.8. The number of nitrogens with one attached hydrogen (secondary N) is 4. The van der Waals surface area contributed by atoms with Crippen molar-refractivity contribution in [1.82, 2.24) is 19.9 Å². The molecule has 2 aromatic heterocycles. The number of benzene rings is 1. The third-order valence-electron chi connectivity index (χ3n) is 2.58. The summed E-state index contributed by atoms with van der Waals surface area (Å²) < 4.78 is 0. The molecule has 0 spiro atoms. The quantitative estimate of drug-likeness (QED) is 0.581. The van der Waals surface area contributed by atoms with Crippen molar-refractivity contribution in [2.75, 3.05) is 10.6 Å². The molecule has 0 atom stereocenters. The van der Waals surface area contributed by atoms with Crippen molar-refractivity contribution >= 4 is 28.7 Å². The topological polar surface area (TPSA) is 116 Å². The van der Waals surface area contributed by atoms with Crippen LogP contribution in [0.3, 0.4) is 0 Å². The number of imidazole rings is 1. The number of H-pyrrole nitrogens is 2. The number of nitrogens with zero attached hydrogens (tertiary/aromatic N) is 2. The van der Waals surface area contributed by atoms with Crippen LogP contribution in [0, 0.1) is 0 Å². The molecule has 1 aromatic carbocycles. The lowest BCUT2D eigenvalue weighted by molar-refractivity contribution is 0.262. The van der Waals surface area contributed by atoms with Gasteiger partial charge in [-0.1, -0.05) is 32.0 Å². The number of anilines is 2. The first-order valence-electron chi connectivity index (χ1n) is 6.78. The lowest BCUT2D eigenvalue weighted by atomic mass is 10.3. The Balaban J connectivity index is 0.000000847. The van der Waals surface area contributed by atoms with Crippen LogP contribution in [0.15, 0.2) is 41.5 Å². The summed E-state index contributed by atoms with van der Waals surface area (Å²) in [6.07, 6.45) is 1.25. The van der Waals surface area contributed by atoms with E-state index in [4.69, 9.17) is 0 Å². The minimum absolute atomic E-state index is 0.224. The van der Waals surface area contributed by atoms with Crippen LogP contribution < -0.4 is 16.3 Å². The van der Waals surface area contributed by atoms with Crippen molar-refractivity contribution in [3.63, 3.8) is 0 Å². The Kier molecular flexibility index (Phi) is 4.86. The standard InChI is InChI=1S/C12H10N6O2.C2H6/c19-11(15-7-4-2-1-3-5-7)17-9-8-10(14-6-13-9)18-12(20)16-8;1-2/h1-6H,(H4,13,14,15,16,17,18,19,20);1-2H3. The monoisotopic (exact) mass is 300 g/mol. The molecule has 4 N–H and O–H groups in total. The van der Waals surface area contributed by atoms with E-state index in [9.17, 15) is 9.59 Å². The molecule has 8 nitrogen and oxygen atoms in total. The zero-order valence-electron chi connectivity index (χ0n) is 12.2. The summed E-state index contributed by atoms with van der Waals surface area (Å²) >= 11 is 0. The van der Waals surface area contributed by atoms with Gasteiger partial charge in [-0.3, -0.25) is 10.3 Å². The van der Waals surface area contributed by atoms with Crippen molar-refractivity contribution in [3.8, 4) is 0 Å². The van der Waals surface area contributed by atoms with Gasteiger partial charge < -0.3 is 10.3 Å². The molecule has 0 fully saturated rings. The molecule has 8 heteroatoms. The van der Waals surface area contributed by atoms with E-state index in [0.717, 1.165) is 0 Å². The Labute approximate surface area is 126 Å². The number of hydrogen-bond donors (Lipinski definition) is 4. The lowest BCUT2D eigenvalue weighted by Gasteiger charge is -2.06. The second kappa shape index (κ2) is 7.02. The molecular formula is C14H16N6O2. The molecule has 0 aliphatic rings. The zero-order valence-corrected chi connectivity index (χ0v) is 12.2. The highest BCUT2D eigenvalue weighted by atomic mass is 16.2. The van der Waals surface area contributed by atoms with Crippen molar-refractivity contribution in [1.29, 1.82) is 0 Å². The van der Waals surface area contributed by atoms with Gasteiger partial charge in [0.2, 0.25) is 0 Å². The number of para-hydroxylation sites is 1. The molecule has 0 saturated carbocycles. The number of rotatable bonds is 2. The summed E-state index contributed by atoms with van der Waals surface area (Å²) in [5.74, 6) is 0.224. The van der Waals surface area contributed by atoms with Crippen LogP contribution in [0.25, 0.3) is 11.2 Å². The normalized spacial score (nSPS) is 9.73. The number of aromatic amines is 2. The zero-order chi connectivity index (χ0) is 15.9. The number of carbonyl (C=O) groups is 1. The van der Waals surface area contributed by atoms with Crippen LogP contribution in [0.5, 0.6) is 0 Å². The fourth-order valence-corrected chi connectivity index (χ4v) is 1.74. The number of aromatic nitrogens is 4. The van der Waals surface area contributed by atoms with E-state index in [1.807, 2.05) is 32.0 Å². The Bertz CT molecular complexity index is 809. The molecule has 114 valence electrons. The van der Waals surface area contributed by atoms with Crippen LogP contribution in [-0.4, -0.2) is 26.0 Å². The number of hydrogen-bond acceptors (Lipinski definition) is 4. The molecule has 0 radical (unpaired) electrons. The molecule has 3 aromatic rings. The molecule has 0 unspecified atom stereocenters. The average Bonchev–Trinajstić information content (AvgIpc) is 2.92. The Morgan fingerprint density at radius 3 is 2.50 bits per heavy atom. The molecule has 22 heavy (non-hydrogen) atoms.